The molecule has 0 aliphatic heterocycles. The van der Waals surface area contributed by atoms with Crippen molar-refractivity contribution in [2.45, 2.75) is 12.3 Å². The molecule has 3 unspecified atom stereocenters. The van der Waals surface area contributed by atoms with E-state index in [-0.39, 0.29) is 11.7 Å². The van der Waals surface area contributed by atoms with Gasteiger partial charge in [0.15, 0.2) is 23.2 Å². The molecule has 0 spiro atoms. The van der Waals surface area contributed by atoms with Crippen LogP contribution in [0.25, 0.3) is 0 Å². The molecular formula is C21H19FN2O4. The number of hydrogen-bond donors (Lipinski definition) is 1. The van der Waals surface area contributed by atoms with Crippen molar-refractivity contribution < 1.29 is 23.5 Å². The molecule has 0 bridgehead atoms. The van der Waals surface area contributed by atoms with Crippen LogP contribution in [-0.2, 0) is 9.59 Å². The number of Topliss-reactive ketones (excluding diaryl/α,β-unsaturated/α-hetero) is 1. The van der Waals surface area contributed by atoms with Gasteiger partial charge >= 0.3 is 0 Å². The first-order chi connectivity index (χ1) is 13.5. The number of carbonyl (C=O) groups excluding carboxylic acids is 2. The lowest BCUT2D eigenvalue weighted by Crippen LogP contribution is -2.30. The summed E-state index contributed by atoms with van der Waals surface area (Å²) in [5.41, 5.74) is 1.09. The van der Waals surface area contributed by atoms with Gasteiger partial charge in [-0.3, -0.25) is 9.59 Å². The average Bonchev–Trinajstić information content (AvgIpc) is 3.49. The third-order valence-electron chi connectivity index (χ3n) is 4.76. The van der Waals surface area contributed by atoms with E-state index in [1.165, 1.54) is 26.4 Å². The zero-order valence-corrected chi connectivity index (χ0v) is 15.4. The minimum atomic E-state index is -1.43. The van der Waals surface area contributed by atoms with Gasteiger partial charge in [0, 0.05) is 17.7 Å². The highest BCUT2D eigenvalue weighted by Gasteiger charge is 2.48. The van der Waals surface area contributed by atoms with Crippen LogP contribution in [-0.4, -0.2) is 25.9 Å². The number of rotatable bonds is 7. The lowest BCUT2D eigenvalue weighted by atomic mass is 9.98. The van der Waals surface area contributed by atoms with Crippen molar-refractivity contribution in [3.8, 4) is 17.6 Å². The SMILES string of the molecule is COc1ccc(NC(=O)C(C#N)C(=O)C2CC2c2cccc(F)c2)cc1OC. The Bertz CT molecular complexity index is 954. The molecule has 1 aliphatic carbocycles. The van der Waals surface area contributed by atoms with Gasteiger partial charge in [-0.2, -0.15) is 5.26 Å². The first-order valence-corrected chi connectivity index (χ1v) is 8.70. The summed E-state index contributed by atoms with van der Waals surface area (Å²) in [5.74, 6) is -2.68. The Morgan fingerprint density at radius 3 is 2.57 bits per heavy atom. The van der Waals surface area contributed by atoms with Crippen molar-refractivity contribution in [1.29, 1.82) is 5.26 Å². The second kappa shape index (κ2) is 8.09. The molecule has 0 radical (unpaired) electrons. The summed E-state index contributed by atoms with van der Waals surface area (Å²) < 4.78 is 23.7. The molecule has 1 amide bonds. The van der Waals surface area contributed by atoms with E-state index in [4.69, 9.17) is 9.47 Å². The highest BCUT2D eigenvalue weighted by atomic mass is 19.1. The van der Waals surface area contributed by atoms with E-state index in [0.29, 0.717) is 29.2 Å². The van der Waals surface area contributed by atoms with Gasteiger partial charge in [-0.25, -0.2) is 4.39 Å². The Kier molecular flexibility index (Phi) is 5.59. The highest BCUT2D eigenvalue weighted by molar-refractivity contribution is 6.11. The fourth-order valence-corrected chi connectivity index (χ4v) is 3.21. The average molecular weight is 382 g/mol. The molecule has 1 aliphatic rings. The minimum absolute atomic E-state index is 0.159. The number of ketones is 1. The number of anilines is 1. The summed E-state index contributed by atoms with van der Waals surface area (Å²) in [5, 5.41) is 11.9. The number of methoxy groups -OCH3 is 2. The lowest BCUT2D eigenvalue weighted by Gasteiger charge is -2.12. The molecule has 144 valence electrons. The number of nitrogens with zero attached hydrogens (tertiary/aromatic N) is 1. The molecule has 2 aromatic carbocycles. The monoisotopic (exact) mass is 382 g/mol. The molecular weight excluding hydrogens is 363 g/mol. The highest BCUT2D eigenvalue weighted by Crippen LogP contribution is 2.49. The molecule has 1 N–H and O–H groups in total. The molecule has 0 aromatic heterocycles. The minimum Gasteiger partial charge on any atom is -0.493 e. The molecule has 1 saturated carbocycles. The van der Waals surface area contributed by atoms with Crippen LogP contribution in [0.3, 0.4) is 0 Å². The summed E-state index contributed by atoms with van der Waals surface area (Å²) >= 11 is 0. The fraction of sp³-hybridized carbons (Fsp3) is 0.286. The molecule has 28 heavy (non-hydrogen) atoms. The number of nitrogens with one attached hydrogen (secondary N) is 1. The zero-order chi connectivity index (χ0) is 20.3. The molecule has 0 saturated heterocycles. The number of carbonyl (C=O) groups is 2. The normalized spacial score (nSPS) is 18.5. The number of halogens is 1. The van der Waals surface area contributed by atoms with E-state index < -0.39 is 23.5 Å². The number of nitriles is 1. The second-order valence-electron chi connectivity index (χ2n) is 6.53. The smallest absolute Gasteiger partial charge is 0.249 e. The van der Waals surface area contributed by atoms with E-state index in [2.05, 4.69) is 5.32 Å². The Balaban J connectivity index is 1.69. The molecule has 7 heteroatoms. The van der Waals surface area contributed by atoms with Gasteiger partial charge in [0.05, 0.1) is 20.3 Å². The number of amides is 1. The standard InChI is InChI=1S/C21H19FN2O4/c1-27-18-7-6-14(9-19(18)28-2)24-21(26)17(11-23)20(25)16-10-15(16)12-4-3-5-13(22)8-12/h3-9,15-17H,10H2,1-2H3,(H,24,26). The van der Waals surface area contributed by atoms with Crippen LogP contribution in [0.1, 0.15) is 17.9 Å². The van der Waals surface area contributed by atoms with Gasteiger partial charge in [0.1, 0.15) is 5.82 Å². The van der Waals surface area contributed by atoms with Crippen molar-refractivity contribution in [1.82, 2.24) is 0 Å². The summed E-state index contributed by atoms with van der Waals surface area (Å²) in [7, 11) is 2.95. The third kappa shape index (κ3) is 3.96. The first-order valence-electron chi connectivity index (χ1n) is 8.70. The molecule has 1 fully saturated rings. The largest absolute Gasteiger partial charge is 0.493 e. The van der Waals surface area contributed by atoms with Gasteiger partial charge in [0.2, 0.25) is 5.91 Å². The van der Waals surface area contributed by atoms with Crippen LogP contribution in [0.5, 0.6) is 11.5 Å². The van der Waals surface area contributed by atoms with Gasteiger partial charge in [0.25, 0.3) is 0 Å². The van der Waals surface area contributed by atoms with Crippen molar-refractivity contribution >= 4 is 17.4 Å². The summed E-state index contributed by atoms with van der Waals surface area (Å²) in [6.45, 7) is 0. The maximum atomic E-state index is 13.4. The van der Waals surface area contributed by atoms with Gasteiger partial charge in [-0.1, -0.05) is 12.1 Å². The van der Waals surface area contributed by atoms with Gasteiger partial charge in [-0.05, 0) is 42.2 Å². The molecule has 3 atom stereocenters. The van der Waals surface area contributed by atoms with E-state index in [9.17, 15) is 19.2 Å². The van der Waals surface area contributed by atoms with Crippen molar-refractivity contribution in [3.05, 3.63) is 53.8 Å². The number of ether oxygens (including phenoxy) is 2. The maximum Gasteiger partial charge on any atom is 0.249 e. The van der Waals surface area contributed by atoms with Crippen LogP contribution >= 0.6 is 0 Å². The summed E-state index contributed by atoms with van der Waals surface area (Å²) in [4.78, 5) is 25.1. The lowest BCUT2D eigenvalue weighted by molar-refractivity contribution is -0.129. The van der Waals surface area contributed by atoms with Crippen LogP contribution in [0, 0.1) is 29.0 Å². The maximum absolute atomic E-state index is 13.4. The zero-order valence-electron chi connectivity index (χ0n) is 15.4. The Hall–Kier alpha value is -3.40. The summed E-state index contributed by atoms with van der Waals surface area (Å²) in [6, 6.07) is 12.6. The molecule has 3 rings (SSSR count). The van der Waals surface area contributed by atoms with Crippen LogP contribution < -0.4 is 14.8 Å². The molecule has 0 heterocycles. The first kappa shape index (κ1) is 19.4. The van der Waals surface area contributed by atoms with Crippen LogP contribution in [0.15, 0.2) is 42.5 Å². The van der Waals surface area contributed by atoms with E-state index in [1.807, 2.05) is 0 Å². The van der Waals surface area contributed by atoms with Crippen molar-refractivity contribution in [3.63, 3.8) is 0 Å². The Morgan fingerprint density at radius 1 is 1.18 bits per heavy atom. The van der Waals surface area contributed by atoms with Crippen molar-refractivity contribution in [2.24, 2.45) is 11.8 Å². The second-order valence-corrected chi connectivity index (χ2v) is 6.53. The number of benzene rings is 2. The third-order valence-corrected chi connectivity index (χ3v) is 4.76. The Labute approximate surface area is 161 Å². The summed E-state index contributed by atoms with van der Waals surface area (Å²) in [6.07, 6.45) is 0.504. The fourth-order valence-electron chi connectivity index (χ4n) is 3.21. The van der Waals surface area contributed by atoms with E-state index in [0.717, 1.165) is 0 Å². The predicted octanol–water partition coefficient (Wildman–Crippen LogP) is 3.29. The van der Waals surface area contributed by atoms with Crippen molar-refractivity contribution in [2.75, 3.05) is 19.5 Å². The Morgan fingerprint density at radius 2 is 1.93 bits per heavy atom. The van der Waals surface area contributed by atoms with E-state index in [1.54, 1.807) is 36.4 Å². The van der Waals surface area contributed by atoms with Gasteiger partial charge < -0.3 is 14.8 Å². The predicted molar refractivity (Wildman–Crippen MR) is 99.5 cm³/mol. The molecule has 6 nitrogen and oxygen atoms in total. The van der Waals surface area contributed by atoms with Crippen LogP contribution in [0.2, 0.25) is 0 Å². The number of hydrogen-bond acceptors (Lipinski definition) is 5. The van der Waals surface area contributed by atoms with E-state index >= 15 is 0 Å². The molecule has 2 aromatic rings. The van der Waals surface area contributed by atoms with Gasteiger partial charge in [-0.15, -0.1) is 0 Å². The topological polar surface area (TPSA) is 88.4 Å². The quantitative estimate of drug-likeness (QED) is 0.743. The van der Waals surface area contributed by atoms with Crippen LogP contribution in [0.4, 0.5) is 10.1 Å².